The molecule has 3 N–H and O–H groups in total. The number of hydrogen-bond acceptors (Lipinski definition) is 5. The molecule has 1 heterocycles. The van der Waals surface area contributed by atoms with Crippen LogP contribution in [0.25, 0.3) is 0 Å². The average molecular weight is 361 g/mol. The summed E-state index contributed by atoms with van der Waals surface area (Å²) in [5, 5.41) is 5.89. The maximum atomic E-state index is 12.4. The second kappa shape index (κ2) is 7.22. The highest BCUT2D eigenvalue weighted by Gasteiger charge is 2.29. The Morgan fingerprint density at radius 2 is 1.88 bits per heavy atom. The molecule has 132 valence electrons. The molecule has 1 aliphatic heterocycles. The third kappa shape index (κ3) is 3.81. The van der Waals surface area contributed by atoms with Crippen molar-refractivity contribution in [3.05, 3.63) is 59.7 Å². The van der Waals surface area contributed by atoms with E-state index in [4.69, 9.17) is 4.74 Å². The van der Waals surface area contributed by atoms with Gasteiger partial charge in [0, 0.05) is 19.2 Å². The van der Waals surface area contributed by atoms with Crippen molar-refractivity contribution >= 4 is 21.6 Å². The van der Waals surface area contributed by atoms with Gasteiger partial charge in [-0.2, -0.15) is 4.72 Å². The first-order chi connectivity index (χ1) is 12.0. The Hall–Kier alpha value is -2.42. The van der Waals surface area contributed by atoms with Gasteiger partial charge in [0.15, 0.2) is 0 Å². The van der Waals surface area contributed by atoms with Gasteiger partial charge in [0.05, 0.1) is 12.3 Å². The molecule has 2 aromatic carbocycles. The molecule has 8 heteroatoms. The van der Waals surface area contributed by atoms with Crippen molar-refractivity contribution in [3.63, 3.8) is 0 Å². The molecule has 2 aromatic rings. The summed E-state index contributed by atoms with van der Waals surface area (Å²) in [6.07, 6.45) is -0.592. The summed E-state index contributed by atoms with van der Waals surface area (Å²) in [7, 11) is -2.02. The number of amides is 1. The minimum absolute atomic E-state index is 0.203. The lowest BCUT2D eigenvalue weighted by Crippen LogP contribution is -2.38. The summed E-state index contributed by atoms with van der Waals surface area (Å²) in [4.78, 5) is 12.2. The average Bonchev–Trinajstić information content (AvgIpc) is 2.61. The quantitative estimate of drug-likeness (QED) is 0.701. The largest absolute Gasteiger partial charge is 0.383 e. The van der Waals surface area contributed by atoms with Crippen LogP contribution in [0.2, 0.25) is 0 Å². The summed E-state index contributed by atoms with van der Waals surface area (Å²) in [5.41, 5.74) is 1.76. The van der Waals surface area contributed by atoms with E-state index in [0.29, 0.717) is 30.0 Å². The van der Waals surface area contributed by atoms with Crippen LogP contribution in [0.1, 0.15) is 22.1 Å². The lowest BCUT2D eigenvalue weighted by molar-refractivity contribution is 0.0937. The number of hydrogen-bond donors (Lipinski definition) is 3. The number of para-hydroxylation sites is 1. The first kappa shape index (κ1) is 17.4. The van der Waals surface area contributed by atoms with Gasteiger partial charge in [0.25, 0.3) is 5.91 Å². The van der Waals surface area contributed by atoms with E-state index < -0.39 is 16.2 Å². The molecule has 1 aliphatic rings. The Bertz CT molecular complexity index is 866. The second-order valence-electron chi connectivity index (χ2n) is 5.57. The third-order valence-electron chi connectivity index (χ3n) is 3.85. The van der Waals surface area contributed by atoms with E-state index in [9.17, 15) is 13.2 Å². The summed E-state index contributed by atoms with van der Waals surface area (Å²) < 4.78 is 32.2. The van der Waals surface area contributed by atoms with Gasteiger partial charge in [-0.25, -0.2) is 8.42 Å². The number of carbonyl (C=O) groups excluding carboxylic acids is 1. The number of carbonyl (C=O) groups is 1. The number of anilines is 1. The van der Waals surface area contributed by atoms with Gasteiger partial charge in [-0.3, -0.25) is 4.79 Å². The summed E-state index contributed by atoms with van der Waals surface area (Å²) >= 11 is 0. The molecule has 0 aromatic heterocycles. The summed E-state index contributed by atoms with van der Waals surface area (Å²) in [6.45, 7) is 0.870. The molecule has 1 amide bonds. The maximum Gasteiger partial charge on any atom is 0.251 e. The van der Waals surface area contributed by atoms with E-state index in [1.165, 1.54) is 0 Å². The minimum atomic E-state index is -3.59. The van der Waals surface area contributed by atoms with Crippen molar-refractivity contribution in [3.8, 4) is 0 Å². The van der Waals surface area contributed by atoms with E-state index in [-0.39, 0.29) is 10.8 Å². The number of fused-ring (bicyclic) bond motifs is 1. The highest BCUT2D eigenvalue weighted by molar-refractivity contribution is 7.89. The highest BCUT2D eigenvalue weighted by Crippen LogP contribution is 2.30. The molecular formula is C17H19N3O4S. The number of benzene rings is 2. The first-order valence-corrected chi connectivity index (χ1v) is 9.24. The molecule has 25 heavy (non-hydrogen) atoms. The molecule has 0 aliphatic carbocycles. The predicted molar refractivity (Wildman–Crippen MR) is 93.8 cm³/mol. The van der Waals surface area contributed by atoms with E-state index in [1.807, 2.05) is 0 Å². The molecule has 0 fully saturated rings. The smallest absolute Gasteiger partial charge is 0.251 e. The lowest BCUT2D eigenvalue weighted by atomic mass is 10.1. The molecule has 0 saturated heterocycles. The van der Waals surface area contributed by atoms with Crippen LogP contribution in [0.4, 0.5) is 5.69 Å². The topological polar surface area (TPSA) is 96.5 Å². The zero-order chi connectivity index (χ0) is 17.9. The summed E-state index contributed by atoms with van der Waals surface area (Å²) in [6, 6.07) is 13.5. The van der Waals surface area contributed by atoms with Crippen LogP contribution in [0.5, 0.6) is 0 Å². The Labute approximate surface area is 146 Å². The van der Waals surface area contributed by atoms with Crippen molar-refractivity contribution < 1.29 is 17.9 Å². The van der Waals surface area contributed by atoms with Gasteiger partial charge in [-0.1, -0.05) is 24.3 Å². The van der Waals surface area contributed by atoms with Crippen LogP contribution in [-0.2, 0) is 14.8 Å². The van der Waals surface area contributed by atoms with Gasteiger partial charge in [-0.15, -0.1) is 0 Å². The van der Waals surface area contributed by atoms with E-state index >= 15 is 0 Å². The van der Waals surface area contributed by atoms with Crippen molar-refractivity contribution in [2.45, 2.75) is 11.1 Å². The highest BCUT2D eigenvalue weighted by atomic mass is 32.2. The molecular weight excluding hydrogens is 342 g/mol. The molecule has 0 bridgehead atoms. The number of sulfonamides is 1. The van der Waals surface area contributed by atoms with Gasteiger partial charge < -0.3 is 15.4 Å². The number of ether oxygens (including phenoxy) is 1. The van der Waals surface area contributed by atoms with Crippen LogP contribution in [0, 0.1) is 0 Å². The molecule has 1 atom stereocenters. The van der Waals surface area contributed by atoms with E-state index in [2.05, 4.69) is 15.4 Å². The third-order valence-corrected chi connectivity index (χ3v) is 5.33. The first-order valence-electron chi connectivity index (χ1n) is 7.76. The van der Waals surface area contributed by atoms with Gasteiger partial charge >= 0.3 is 0 Å². The molecule has 3 rings (SSSR count). The van der Waals surface area contributed by atoms with Crippen LogP contribution in [-0.4, -0.2) is 34.6 Å². The number of methoxy groups -OCH3 is 1. The van der Waals surface area contributed by atoms with E-state index in [1.54, 1.807) is 55.6 Å². The fourth-order valence-electron chi connectivity index (χ4n) is 2.57. The SMILES string of the molecule is COCCNC(=O)c1ccc(C2Nc3ccccc3S(=O)(=O)N2)cc1. The monoisotopic (exact) mass is 361 g/mol. The van der Waals surface area contributed by atoms with Gasteiger partial charge in [0.1, 0.15) is 11.1 Å². The Morgan fingerprint density at radius 3 is 2.60 bits per heavy atom. The molecule has 0 radical (unpaired) electrons. The molecule has 7 nitrogen and oxygen atoms in total. The van der Waals surface area contributed by atoms with E-state index in [0.717, 1.165) is 0 Å². The zero-order valence-corrected chi connectivity index (χ0v) is 14.5. The van der Waals surface area contributed by atoms with Gasteiger partial charge in [-0.05, 0) is 29.8 Å². The normalized spacial score (nSPS) is 18.0. The van der Waals surface area contributed by atoms with Crippen LogP contribution < -0.4 is 15.4 Å². The Kier molecular flexibility index (Phi) is 5.03. The fraction of sp³-hybridized carbons (Fsp3) is 0.235. The van der Waals surface area contributed by atoms with Crippen molar-refractivity contribution in [1.29, 1.82) is 0 Å². The number of rotatable bonds is 5. The van der Waals surface area contributed by atoms with Crippen LogP contribution in [0.3, 0.4) is 0 Å². The van der Waals surface area contributed by atoms with Gasteiger partial charge in [0.2, 0.25) is 10.0 Å². The van der Waals surface area contributed by atoms with Crippen molar-refractivity contribution in [2.75, 3.05) is 25.6 Å². The van der Waals surface area contributed by atoms with Crippen LogP contribution in [0.15, 0.2) is 53.4 Å². The molecule has 0 spiro atoms. The Balaban J connectivity index is 1.76. The second-order valence-corrected chi connectivity index (χ2v) is 7.25. The van der Waals surface area contributed by atoms with Crippen molar-refractivity contribution in [2.24, 2.45) is 0 Å². The zero-order valence-electron chi connectivity index (χ0n) is 13.7. The lowest BCUT2D eigenvalue weighted by Gasteiger charge is -2.28. The fourth-order valence-corrected chi connectivity index (χ4v) is 3.88. The standard InChI is InChI=1S/C17H19N3O4S/c1-24-11-10-18-17(21)13-8-6-12(7-9-13)16-19-14-4-2-3-5-15(14)25(22,23)20-16/h2-9,16,19-20H,10-11H2,1H3,(H,18,21). The Morgan fingerprint density at radius 1 is 1.16 bits per heavy atom. The molecule has 0 saturated carbocycles. The maximum absolute atomic E-state index is 12.4. The predicted octanol–water partition coefficient (Wildman–Crippen LogP) is 1.47. The van der Waals surface area contributed by atoms with Crippen LogP contribution >= 0.6 is 0 Å². The van der Waals surface area contributed by atoms with Crippen molar-refractivity contribution in [1.82, 2.24) is 10.0 Å². The number of nitrogens with one attached hydrogen (secondary N) is 3. The summed E-state index contributed by atoms with van der Waals surface area (Å²) in [5.74, 6) is -0.203. The molecule has 1 unspecified atom stereocenters. The minimum Gasteiger partial charge on any atom is -0.383 e.